The van der Waals surface area contributed by atoms with Crippen molar-refractivity contribution in [2.45, 2.75) is 25.7 Å². The monoisotopic (exact) mass is 263 g/mol. The maximum atomic E-state index is 6.37. The van der Waals surface area contributed by atoms with Gasteiger partial charge >= 0.3 is 0 Å². The summed E-state index contributed by atoms with van der Waals surface area (Å²) in [5.41, 5.74) is 10.3. The highest BCUT2D eigenvalue weighted by Crippen LogP contribution is 2.42. The van der Waals surface area contributed by atoms with Gasteiger partial charge in [0.05, 0.1) is 0 Å². The van der Waals surface area contributed by atoms with Crippen LogP contribution in [0.1, 0.15) is 24.0 Å². The SMILES string of the molecule is NC1=CCCC1(Cc1ccccc1)Cc1ccccc1. The lowest BCUT2D eigenvalue weighted by atomic mass is 9.74. The van der Waals surface area contributed by atoms with E-state index in [0.717, 1.165) is 31.4 Å². The van der Waals surface area contributed by atoms with E-state index in [1.807, 2.05) is 0 Å². The number of rotatable bonds is 4. The number of hydrogen-bond donors (Lipinski definition) is 1. The molecule has 0 aromatic heterocycles. The predicted octanol–water partition coefficient (Wildman–Crippen LogP) is 4.09. The van der Waals surface area contributed by atoms with Crippen molar-refractivity contribution < 1.29 is 0 Å². The summed E-state index contributed by atoms with van der Waals surface area (Å²) in [6, 6.07) is 21.4. The van der Waals surface area contributed by atoms with Crippen LogP contribution in [0.4, 0.5) is 0 Å². The van der Waals surface area contributed by atoms with E-state index in [-0.39, 0.29) is 5.41 Å². The zero-order valence-corrected chi connectivity index (χ0v) is 11.8. The summed E-state index contributed by atoms with van der Waals surface area (Å²) < 4.78 is 0. The van der Waals surface area contributed by atoms with Crippen molar-refractivity contribution in [3.05, 3.63) is 83.6 Å². The molecule has 1 heteroatoms. The molecule has 0 unspecified atom stereocenters. The standard InChI is InChI=1S/C19H21N/c20-18-12-7-13-19(18,14-16-8-3-1-4-9-16)15-17-10-5-2-6-11-17/h1-6,8-12H,7,13-15,20H2. The Bertz CT molecular complexity index is 542. The van der Waals surface area contributed by atoms with E-state index in [0.29, 0.717) is 0 Å². The van der Waals surface area contributed by atoms with Crippen molar-refractivity contribution in [1.82, 2.24) is 0 Å². The molecule has 0 saturated carbocycles. The van der Waals surface area contributed by atoms with Gasteiger partial charge in [-0.2, -0.15) is 0 Å². The Morgan fingerprint density at radius 2 is 1.30 bits per heavy atom. The predicted molar refractivity (Wildman–Crippen MR) is 84.2 cm³/mol. The van der Waals surface area contributed by atoms with Crippen LogP contribution in [-0.2, 0) is 12.8 Å². The molecule has 2 aromatic rings. The maximum Gasteiger partial charge on any atom is 0.0179 e. The average Bonchev–Trinajstić information content (AvgIpc) is 2.82. The van der Waals surface area contributed by atoms with Crippen molar-refractivity contribution in [1.29, 1.82) is 0 Å². The van der Waals surface area contributed by atoms with Crippen molar-refractivity contribution >= 4 is 0 Å². The quantitative estimate of drug-likeness (QED) is 0.883. The summed E-state index contributed by atoms with van der Waals surface area (Å²) in [5.74, 6) is 0. The van der Waals surface area contributed by atoms with E-state index in [9.17, 15) is 0 Å². The lowest BCUT2D eigenvalue weighted by molar-refractivity contribution is 0.342. The van der Waals surface area contributed by atoms with Crippen LogP contribution in [-0.4, -0.2) is 0 Å². The second-order valence-electron chi connectivity index (χ2n) is 5.80. The first-order valence-corrected chi connectivity index (χ1v) is 7.32. The Hall–Kier alpha value is -2.02. The first kappa shape index (κ1) is 13.0. The van der Waals surface area contributed by atoms with Gasteiger partial charge in [-0.25, -0.2) is 0 Å². The second-order valence-corrected chi connectivity index (χ2v) is 5.80. The third-order valence-corrected chi connectivity index (χ3v) is 4.37. The molecule has 1 nitrogen and oxygen atoms in total. The first-order valence-electron chi connectivity index (χ1n) is 7.32. The van der Waals surface area contributed by atoms with Crippen molar-refractivity contribution in [2.24, 2.45) is 11.1 Å². The fraction of sp³-hybridized carbons (Fsp3) is 0.263. The molecule has 0 saturated heterocycles. The Labute approximate surface area is 121 Å². The van der Waals surface area contributed by atoms with Crippen LogP contribution in [0, 0.1) is 5.41 Å². The van der Waals surface area contributed by atoms with Crippen molar-refractivity contribution in [2.75, 3.05) is 0 Å². The first-order chi connectivity index (χ1) is 9.78. The molecule has 3 rings (SSSR count). The van der Waals surface area contributed by atoms with Gasteiger partial charge in [0, 0.05) is 11.1 Å². The van der Waals surface area contributed by atoms with Gasteiger partial charge in [-0.1, -0.05) is 66.7 Å². The van der Waals surface area contributed by atoms with Crippen LogP contribution in [0.2, 0.25) is 0 Å². The Kier molecular flexibility index (Phi) is 3.60. The molecule has 20 heavy (non-hydrogen) atoms. The maximum absolute atomic E-state index is 6.37. The molecule has 0 heterocycles. The van der Waals surface area contributed by atoms with Gasteiger partial charge in [0.25, 0.3) is 0 Å². The van der Waals surface area contributed by atoms with Gasteiger partial charge in [0.15, 0.2) is 0 Å². The number of benzene rings is 2. The molecule has 0 aliphatic heterocycles. The number of allylic oxidation sites excluding steroid dienone is 2. The third-order valence-electron chi connectivity index (χ3n) is 4.37. The zero-order chi connectivity index (χ0) is 13.8. The van der Waals surface area contributed by atoms with Crippen LogP contribution in [0.3, 0.4) is 0 Å². The van der Waals surface area contributed by atoms with Crippen molar-refractivity contribution in [3.63, 3.8) is 0 Å². The number of nitrogens with two attached hydrogens (primary N) is 1. The van der Waals surface area contributed by atoms with E-state index in [2.05, 4.69) is 66.7 Å². The van der Waals surface area contributed by atoms with Gasteiger partial charge in [-0.3, -0.25) is 0 Å². The van der Waals surface area contributed by atoms with Crippen LogP contribution < -0.4 is 5.73 Å². The summed E-state index contributed by atoms with van der Waals surface area (Å²) in [5, 5.41) is 0. The summed E-state index contributed by atoms with van der Waals surface area (Å²) in [6.07, 6.45) is 6.54. The molecular formula is C19H21N. The zero-order valence-electron chi connectivity index (χ0n) is 11.8. The molecular weight excluding hydrogens is 242 g/mol. The Morgan fingerprint density at radius 3 is 1.70 bits per heavy atom. The molecule has 2 N–H and O–H groups in total. The Balaban J connectivity index is 1.88. The van der Waals surface area contributed by atoms with Crippen LogP contribution in [0.5, 0.6) is 0 Å². The van der Waals surface area contributed by atoms with Gasteiger partial charge in [0.1, 0.15) is 0 Å². The summed E-state index contributed by atoms with van der Waals surface area (Å²) in [7, 11) is 0. The summed E-state index contributed by atoms with van der Waals surface area (Å²) in [4.78, 5) is 0. The molecule has 0 radical (unpaired) electrons. The smallest absolute Gasteiger partial charge is 0.0179 e. The molecule has 0 atom stereocenters. The molecule has 0 spiro atoms. The molecule has 1 aliphatic carbocycles. The molecule has 0 amide bonds. The fourth-order valence-corrected chi connectivity index (χ4v) is 3.28. The van der Waals surface area contributed by atoms with Gasteiger partial charge in [-0.15, -0.1) is 0 Å². The van der Waals surface area contributed by atoms with Gasteiger partial charge in [-0.05, 0) is 36.8 Å². The van der Waals surface area contributed by atoms with E-state index in [1.54, 1.807) is 0 Å². The molecule has 102 valence electrons. The van der Waals surface area contributed by atoms with E-state index in [4.69, 9.17) is 5.73 Å². The minimum atomic E-state index is 0.0999. The van der Waals surface area contributed by atoms with E-state index < -0.39 is 0 Å². The van der Waals surface area contributed by atoms with Gasteiger partial charge < -0.3 is 5.73 Å². The molecule has 1 aliphatic rings. The van der Waals surface area contributed by atoms with E-state index >= 15 is 0 Å². The topological polar surface area (TPSA) is 26.0 Å². The molecule has 0 fully saturated rings. The minimum absolute atomic E-state index is 0.0999. The minimum Gasteiger partial charge on any atom is -0.402 e. The normalized spacial score (nSPS) is 16.9. The van der Waals surface area contributed by atoms with Gasteiger partial charge in [0.2, 0.25) is 0 Å². The van der Waals surface area contributed by atoms with Crippen LogP contribution >= 0.6 is 0 Å². The van der Waals surface area contributed by atoms with Crippen LogP contribution in [0.15, 0.2) is 72.4 Å². The fourth-order valence-electron chi connectivity index (χ4n) is 3.28. The number of hydrogen-bond acceptors (Lipinski definition) is 1. The largest absolute Gasteiger partial charge is 0.402 e. The molecule has 0 bridgehead atoms. The van der Waals surface area contributed by atoms with Crippen LogP contribution in [0.25, 0.3) is 0 Å². The lowest BCUT2D eigenvalue weighted by Crippen LogP contribution is -2.30. The summed E-state index contributed by atoms with van der Waals surface area (Å²) in [6.45, 7) is 0. The summed E-state index contributed by atoms with van der Waals surface area (Å²) >= 11 is 0. The second kappa shape index (κ2) is 5.54. The lowest BCUT2D eigenvalue weighted by Gasteiger charge is -2.31. The Morgan fingerprint density at radius 1 is 0.800 bits per heavy atom. The highest BCUT2D eigenvalue weighted by Gasteiger charge is 2.36. The molecule has 2 aromatic carbocycles. The highest BCUT2D eigenvalue weighted by molar-refractivity contribution is 5.29. The highest BCUT2D eigenvalue weighted by atomic mass is 14.7. The average molecular weight is 263 g/mol. The van der Waals surface area contributed by atoms with Crippen molar-refractivity contribution in [3.8, 4) is 0 Å². The third kappa shape index (κ3) is 2.62. The van der Waals surface area contributed by atoms with E-state index in [1.165, 1.54) is 11.1 Å².